The van der Waals surface area contributed by atoms with Gasteiger partial charge in [0.25, 0.3) is 0 Å². The lowest BCUT2D eigenvalue weighted by Crippen LogP contribution is -2.36. The molecular formula is C15H22ClNO2. The predicted molar refractivity (Wildman–Crippen MR) is 77.7 cm³/mol. The zero-order valence-electron chi connectivity index (χ0n) is 11.4. The molecule has 0 bridgehead atoms. The van der Waals surface area contributed by atoms with E-state index in [1.807, 2.05) is 24.3 Å². The number of hydrogen-bond acceptors (Lipinski definition) is 3. The SMILES string of the molecule is CN1CCC(C(CO)COc2ccc(Cl)cc2)CC1. The second-order valence-corrected chi connectivity index (χ2v) is 5.78. The lowest BCUT2D eigenvalue weighted by molar-refractivity contribution is 0.0809. The van der Waals surface area contributed by atoms with E-state index in [1.165, 1.54) is 0 Å². The first-order chi connectivity index (χ1) is 9.19. The Hall–Kier alpha value is -0.770. The Morgan fingerprint density at radius 3 is 2.53 bits per heavy atom. The van der Waals surface area contributed by atoms with Crippen LogP contribution >= 0.6 is 11.6 Å². The number of rotatable bonds is 5. The molecule has 1 aliphatic rings. The largest absolute Gasteiger partial charge is 0.493 e. The first-order valence-electron chi connectivity index (χ1n) is 6.87. The quantitative estimate of drug-likeness (QED) is 0.902. The van der Waals surface area contributed by atoms with Gasteiger partial charge >= 0.3 is 0 Å². The molecule has 0 amide bonds. The smallest absolute Gasteiger partial charge is 0.119 e. The van der Waals surface area contributed by atoms with Crippen LogP contribution in [0.2, 0.25) is 5.02 Å². The number of likely N-dealkylation sites (tertiary alicyclic amines) is 1. The highest BCUT2D eigenvalue weighted by Gasteiger charge is 2.25. The molecule has 3 nitrogen and oxygen atoms in total. The second kappa shape index (κ2) is 7.13. The molecule has 1 atom stereocenters. The van der Waals surface area contributed by atoms with Gasteiger partial charge in [0, 0.05) is 17.5 Å². The van der Waals surface area contributed by atoms with E-state index in [9.17, 15) is 5.11 Å². The maximum absolute atomic E-state index is 9.55. The molecule has 1 aromatic rings. The molecule has 106 valence electrons. The van der Waals surface area contributed by atoms with E-state index >= 15 is 0 Å². The Bertz CT molecular complexity index is 374. The Morgan fingerprint density at radius 2 is 1.95 bits per heavy atom. The molecule has 1 N–H and O–H groups in total. The number of aliphatic hydroxyl groups is 1. The van der Waals surface area contributed by atoms with Crippen molar-refractivity contribution in [1.29, 1.82) is 0 Å². The van der Waals surface area contributed by atoms with Gasteiger partial charge in [-0.2, -0.15) is 0 Å². The zero-order chi connectivity index (χ0) is 13.7. The molecule has 1 unspecified atom stereocenters. The van der Waals surface area contributed by atoms with Crippen molar-refractivity contribution in [3.8, 4) is 5.75 Å². The summed E-state index contributed by atoms with van der Waals surface area (Å²) in [6.07, 6.45) is 2.29. The van der Waals surface area contributed by atoms with Crippen molar-refractivity contribution in [2.45, 2.75) is 12.8 Å². The first kappa shape index (κ1) is 14.6. The highest BCUT2D eigenvalue weighted by atomic mass is 35.5. The minimum Gasteiger partial charge on any atom is -0.493 e. The zero-order valence-corrected chi connectivity index (χ0v) is 12.1. The third-order valence-corrected chi connectivity index (χ3v) is 4.19. The standard InChI is InChI=1S/C15H22ClNO2/c1-17-8-6-12(7-9-17)13(10-18)11-19-15-4-2-14(16)3-5-15/h2-5,12-13,18H,6-11H2,1H3. The van der Waals surface area contributed by atoms with Crippen LogP contribution in [0, 0.1) is 11.8 Å². The summed E-state index contributed by atoms with van der Waals surface area (Å²) in [5, 5.41) is 10.3. The highest BCUT2D eigenvalue weighted by molar-refractivity contribution is 6.30. The molecule has 1 aliphatic heterocycles. The Morgan fingerprint density at radius 1 is 1.32 bits per heavy atom. The van der Waals surface area contributed by atoms with Crippen LogP contribution in [0.1, 0.15) is 12.8 Å². The molecule has 1 fully saturated rings. The minimum absolute atomic E-state index is 0.196. The van der Waals surface area contributed by atoms with Crippen molar-refractivity contribution in [3.05, 3.63) is 29.3 Å². The number of ether oxygens (including phenoxy) is 1. The van der Waals surface area contributed by atoms with Crippen molar-refractivity contribution in [2.24, 2.45) is 11.8 Å². The molecule has 1 aromatic carbocycles. The van der Waals surface area contributed by atoms with Crippen LogP contribution < -0.4 is 4.74 Å². The van der Waals surface area contributed by atoms with Gasteiger partial charge in [-0.05, 0) is 63.2 Å². The summed E-state index contributed by atoms with van der Waals surface area (Å²) in [6.45, 7) is 3.00. The van der Waals surface area contributed by atoms with Crippen LogP contribution in [0.15, 0.2) is 24.3 Å². The summed E-state index contributed by atoms with van der Waals surface area (Å²) in [7, 11) is 2.15. The number of nitrogens with zero attached hydrogens (tertiary/aromatic N) is 1. The van der Waals surface area contributed by atoms with Crippen LogP contribution in [-0.4, -0.2) is 43.4 Å². The van der Waals surface area contributed by atoms with Crippen molar-refractivity contribution < 1.29 is 9.84 Å². The van der Waals surface area contributed by atoms with E-state index in [1.54, 1.807) is 0 Å². The fourth-order valence-corrected chi connectivity index (χ4v) is 2.70. The molecule has 0 radical (unpaired) electrons. The Kier molecular flexibility index (Phi) is 5.49. The lowest BCUT2D eigenvalue weighted by atomic mass is 9.85. The van der Waals surface area contributed by atoms with Gasteiger partial charge < -0.3 is 14.7 Å². The molecular weight excluding hydrogens is 262 g/mol. The van der Waals surface area contributed by atoms with E-state index in [4.69, 9.17) is 16.3 Å². The summed E-state index contributed by atoms with van der Waals surface area (Å²) in [6, 6.07) is 7.37. The minimum atomic E-state index is 0.196. The topological polar surface area (TPSA) is 32.7 Å². The lowest BCUT2D eigenvalue weighted by Gasteiger charge is -2.33. The summed E-state index contributed by atoms with van der Waals surface area (Å²) in [5.74, 6) is 1.61. The average Bonchev–Trinajstić information content (AvgIpc) is 2.43. The fraction of sp³-hybridized carbons (Fsp3) is 0.600. The van der Waals surface area contributed by atoms with Gasteiger partial charge in [-0.25, -0.2) is 0 Å². The van der Waals surface area contributed by atoms with Gasteiger partial charge in [0.05, 0.1) is 6.61 Å². The maximum atomic E-state index is 9.55. The summed E-state index contributed by atoms with van der Waals surface area (Å²) in [4.78, 5) is 2.34. The number of benzene rings is 1. The Labute approximate surface area is 120 Å². The monoisotopic (exact) mass is 283 g/mol. The van der Waals surface area contributed by atoms with Gasteiger partial charge in [-0.3, -0.25) is 0 Å². The number of halogens is 1. The van der Waals surface area contributed by atoms with Crippen LogP contribution in [0.25, 0.3) is 0 Å². The second-order valence-electron chi connectivity index (χ2n) is 5.35. The molecule has 0 spiro atoms. The summed E-state index contributed by atoms with van der Waals surface area (Å²) in [5.41, 5.74) is 0. The van der Waals surface area contributed by atoms with E-state index in [0.29, 0.717) is 17.5 Å². The molecule has 1 saturated heterocycles. The van der Waals surface area contributed by atoms with Gasteiger partial charge in [0.2, 0.25) is 0 Å². The van der Waals surface area contributed by atoms with Gasteiger partial charge in [0.1, 0.15) is 5.75 Å². The van der Waals surface area contributed by atoms with Crippen molar-refractivity contribution in [1.82, 2.24) is 4.90 Å². The van der Waals surface area contributed by atoms with E-state index < -0.39 is 0 Å². The van der Waals surface area contributed by atoms with Crippen LogP contribution in [0.3, 0.4) is 0 Å². The van der Waals surface area contributed by atoms with Gasteiger partial charge in [-0.15, -0.1) is 0 Å². The predicted octanol–water partition coefficient (Wildman–Crippen LogP) is 2.67. The first-order valence-corrected chi connectivity index (χ1v) is 7.24. The number of piperidine rings is 1. The average molecular weight is 284 g/mol. The third-order valence-electron chi connectivity index (χ3n) is 3.94. The number of aliphatic hydroxyl groups excluding tert-OH is 1. The van der Waals surface area contributed by atoms with Crippen LogP contribution in [0.4, 0.5) is 0 Å². The maximum Gasteiger partial charge on any atom is 0.119 e. The molecule has 0 saturated carbocycles. The van der Waals surface area contributed by atoms with E-state index in [0.717, 1.165) is 31.7 Å². The van der Waals surface area contributed by atoms with Crippen molar-refractivity contribution >= 4 is 11.6 Å². The molecule has 4 heteroatoms. The van der Waals surface area contributed by atoms with Gasteiger partial charge in [0.15, 0.2) is 0 Å². The van der Waals surface area contributed by atoms with Gasteiger partial charge in [-0.1, -0.05) is 11.6 Å². The van der Waals surface area contributed by atoms with E-state index in [2.05, 4.69) is 11.9 Å². The van der Waals surface area contributed by atoms with Crippen molar-refractivity contribution in [2.75, 3.05) is 33.4 Å². The molecule has 0 aliphatic carbocycles. The third kappa shape index (κ3) is 4.37. The number of hydrogen-bond donors (Lipinski definition) is 1. The van der Waals surface area contributed by atoms with Crippen molar-refractivity contribution in [3.63, 3.8) is 0 Å². The molecule has 2 rings (SSSR count). The van der Waals surface area contributed by atoms with Crippen LogP contribution in [0.5, 0.6) is 5.75 Å². The summed E-state index contributed by atoms with van der Waals surface area (Å²) < 4.78 is 5.76. The highest BCUT2D eigenvalue weighted by Crippen LogP contribution is 2.25. The van der Waals surface area contributed by atoms with E-state index in [-0.39, 0.29) is 12.5 Å². The van der Waals surface area contributed by atoms with Crippen LogP contribution in [-0.2, 0) is 0 Å². The fourth-order valence-electron chi connectivity index (χ4n) is 2.57. The molecule has 0 aromatic heterocycles. The molecule has 1 heterocycles. The summed E-state index contributed by atoms with van der Waals surface area (Å²) >= 11 is 5.84. The normalized spacial score (nSPS) is 19.3. The molecule has 19 heavy (non-hydrogen) atoms. The Balaban J connectivity index is 1.83.